The normalized spacial score (nSPS) is 10.3. The number of hydrogen-bond donors (Lipinski definition) is 1. The van der Waals surface area contributed by atoms with Gasteiger partial charge in [-0.2, -0.15) is 5.10 Å². The molecule has 0 atom stereocenters. The number of aryl methyl sites for hydroxylation is 2. The SMILES string of the molecule is Cc1cc(C(=O)NCc2ccnn2C)ccc1[N+](=O)[O-]. The molecular formula is C13H14N4O3. The minimum absolute atomic E-state index is 0.00758. The second-order valence-electron chi connectivity index (χ2n) is 4.39. The summed E-state index contributed by atoms with van der Waals surface area (Å²) in [6, 6.07) is 6.11. The monoisotopic (exact) mass is 274 g/mol. The van der Waals surface area contributed by atoms with Crippen molar-refractivity contribution in [2.45, 2.75) is 13.5 Å². The summed E-state index contributed by atoms with van der Waals surface area (Å²) >= 11 is 0. The van der Waals surface area contributed by atoms with E-state index in [0.717, 1.165) is 5.69 Å². The average molecular weight is 274 g/mol. The lowest BCUT2D eigenvalue weighted by Crippen LogP contribution is -2.24. The highest BCUT2D eigenvalue weighted by Gasteiger charge is 2.13. The molecule has 7 nitrogen and oxygen atoms in total. The van der Waals surface area contributed by atoms with Crippen LogP contribution in [0.25, 0.3) is 0 Å². The van der Waals surface area contributed by atoms with E-state index in [9.17, 15) is 14.9 Å². The number of nitro benzene ring substituents is 1. The van der Waals surface area contributed by atoms with E-state index in [1.807, 2.05) is 0 Å². The van der Waals surface area contributed by atoms with Gasteiger partial charge in [0.25, 0.3) is 11.6 Å². The van der Waals surface area contributed by atoms with Gasteiger partial charge < -0.3 is 5.32 Å². The maximum absolute atomic E-state index is 12.0. The van der Waals surface area contributed by atoms with Crippen molar-refractivity contribution >= 4 is 11.6 Å². The van der Waals surface area contributed by atoms with E-state index in [1.54, 1.807) is 30.9 Å². The van der Waals surface area contributed by atoms with Crippen LogP contribution in [0.1, 0.15) is 21.6 Å². The number of carbonyl (C=O) groups excluding carboxylic acids is 1. The molecule has 0 radical (unpaired) electrons. The predicted molar refractivity (Wildman–Crippen MR) is 72.2 cm³/mol. The molecule has 0 aliphatic heterocycles. The molecule has 0 aliphatic carbocycles. The van der Waals surface area contributed by atoms with Crippen LogP contribution in [0, 0.1) is 17.0 Å². The maximum Gasteiger partial charge on any atom is 0.272 e. The smallest absolute Gasteiger partial charge is 0.272 e. The molecule has 1 aromatic carbocycles. The van der Waals surface area contributed by atoms with Crippen molar-refractivity contribution in [2.75, 3.05) is 0 Å². The highest BCUT2D eigenvalue weighted by Crippen LogP contribution is 2.18. The lowest BCUT2D eigenvalue weighted by Gasteiger charge is -2.06. The van der Waals surface area contributed by atoms with Gasteiger partial charge in [-0.15, -0.1) is 0 Å². The number of hydrogen-bond acceptors (Lipinski definition) is 4. The molecule has 0 aliphatic rings. The Kier molecular flexibility index (Phi) is 3.79. The summed E-state index contributed by atoms with van der Waals surface area (Å²) in [4.78, 5) is 22.2. The van der Waals surface area contributed by atoms with Gasteiger partial charge in [-0.25, -0.2) is 0 Å². The van der Waals surface area contributed by atoms with E-state index in [-0.39, 0.29) is 11.6 Å². The third kappa shape index (κ3) is 2.82. The molecule has 2 aromatic rings. The first-order valence-corrected chi connectivity index (χ1v) is 5.99. The van der Waals surface area contributed by atoms with Crippen molar-refractivity contribution in [1.82, 2.24) is 15.1 Å². The van der Waals surface area contributed by atoms with E-state index in [1.165, 1.54) is 18.2 Å². The van der Waals surface area contributed by atoms with Crippen molar-refractivity contribution in [3.63, 3.8) is 0 Å². The first-order valence-electron chi connectivity index (χ1n) is 5.99. The number of rotatable bonds is 4. The van der Waals surface area contributed by atoms with E-state index in [2.05, 4.69) is 10.4 Å². The molecule has 1 amide bonds. The summed E-state index contributed by atoms with van der Waals surface area (Å²) in [6.07, 6.45) is 1.65. The fraction of sp³-hybridized carbons (Fsp3) is 0.231. The van der Waals surface area contributed by atoms with E-state index < -0.39 is 4.92 Å². The fourth-order valence-electron chi connectivity index (χ4n) is 1.85. The zero-order chi connectivity index (χ0) is 14.7. The summed E-state index contributed by atoms with van der Waals surface area (Å²) in [7, 11) is 1.79. The number of benzene rings is 1. The third-order valence-corrected chi connectivity index (χ3v) is 3.01. The van der Waals surface area contributed by atoms with Crippen LogP contribution in [0.15, 0.2) is 30.5 Å². The second kappa shape index (κ2) is 5.52. The summed E-state index contributed by atoms with van der Waals surface area (Å²) < 4.78 is 1.67. The topological polar surface area (TPSA) is 90.1 Å². The van der Waals surface area contributed by atoms with Crippen LogP contribution in [-0.4, -0.2) is 20.6 Å². The average Bonchev–Trinajstić information content (AvgIpc) is 2.81. The Balaban J connectivity index is 2.08. The van der Waals surface area contributed by atoms with Gasteiger partial charge in [-0.1, -0.05) is 0 Å². The van der Waals surface area contributed by atoms with Gasteiger partial charge in [0.15, 0.2) is 0 Å². The number of aromatic nitrogens is 2. The molecule has 7 heteroatoms. The van der Waals surface area contributed by atoms with Crippen molar-refractivity contribution < 1.29 is 9.72 Å². The second-order valence-corrected chi connectivity index (χ2v) is 4.39. The van der Waals surface area contributed by atoms with E-state index in [4.69, 9.17) is 0 Å². The minimum Gasteiger partial charge on any atom is -0.346 e. The van der Waals surface area contributed by atoms with Gasteiger partial charge in [0.05, 0.1) is 17.2 Å². The number of nitrogens with zero attached hydrogens (tertiary/aromatic N) is 3. The van der Waals surface area contributed by atoms with E-state index in [0.29, 0.717) is 17.7 Å². The van der Waals surface area contributed by atoms with Gasteiger partial charge in [0.2, 0.25) is 0 Å². The molecule has 0 unspecified atom stereocenters. The lowest BCUT2D eigenvalue weighted by atomic mass is 10.1. The number of nitro groups is 1. The highest BCUT2D eigenvalue weighted by molar-refractivity contribution is 5.94. The summed E-state index contributed by atoms with van der Waals surface area (Å²) in [5.41, 5.74) is 1.74. The Morgan fingerprint density at radius 1 is 1.45 bits per heavy atom. The quantitative estimate of drug-likeness (QED) is 0.676. The molecule has 2 rings (SSSR count). The van der Waals surface area contributed by atoms with Crippen LogP contribution in [0.2, 0.25) is 0 Å². The predicted octanol–water partition coefficient (Wildman–Crippen LogP) is 1.57. The number of amides is 1. The van der Waals surface area contributed by atoms with Crippen molar-refractivity contribution in [3.05, 3.63) is 57.4 Å². The summed E-state index contributed by atoms with van der Waals surface area (Å²) in [5, 5.41) is 17.5. The van der Waals surface area contributed by atoms with Gasteiger partial charge in [0.1, 0.15) is 0 Å². The molecule has 104 valence electrons. The van der Waals surface area contributed by atoms with Crippen LogP contribution in [0.3, 0.4) is 0 Å². The molecule has 1 heterocycles. The lowest BCUT2D eigenvalue weighted by molar-refractivity contribution is -0.385. The Morgan fingerprint density at radius 2 is 2.20 bits per heavy atom. The number of nitrogens with one attached hydrogen (secondary N) is 1. The Morgan fingerprint density at radius 3 is 2.75 bits per heavy atom. The van der Waals surface area contributed by atoms with Crippen LogP contribution in [0.5, 0.6) is 0 Å². The van der Waals surface area contributed by atoms with Gasteiger partial charge in [-0.05, 0) is 25.1 Å². The van der Waals surface area contributed by atoms with Gasteiger partial charge >= 0.3 is 0 Å². The minimum atomic E-state index is -0.466. The molecule has 0 fully saturated rings. The summed E-state index contributed by atoms with van der Waals surface area (Å²) in [6.45, 7) is 1.96. The Labute approximate surface area is 115 Å². The van der Waals surface area contributed by atoms with Crippen LogP contribution in [-0.2, 0) is 13.6 Å². The van der Waals surface area contributed by atoms with Crippen molar-refractivity contribution in [1.29, 1.82) is 0 Å². The standard InChI is InChI=1S/C13H14N4O3/c1-9-7-10(3-4-12(9)17(19)20)13(18)14-8-11-5-6-15-16(11)2/h3-7H,8H2,1-2H3,(H,14,18). The van der Waals surface area contributed by atoms with Gasteiger partial charge in [0, 0.05) is 30.4 Å². The molecule has 0 saturated carbocycles. The van der Waals surface area contributed by atoms with Crippen LogP contribution < -0.4 is 5.32 Å². The fourth-order valence-corrected chi connectivity index (χ4v) is 1.85. The van der Waals surface area contributed by atoms with Crippen molar-refractivity contribution in [2.24, 2.45) is 7.05 Å². The van der Waals surface area contributed by atoms with Crippen LogP contribution >= 0.6 is 0 Å². The first-order chi connectivity index (χ1) is 9.49. The zero-order valence-electron chi connectivity index (χ0n) is 11.2. The third-order valence-electron chi connectivity index (χ3n) is 3.01. The van der Waals surface area contributed by atoms with Gasteiger partial charge in [-0.3, -0.25) is 19.6 Å². The molecule has 1 aromatic heterocycles. The molecule has 20 heavy (non-hydrogen) atoms. The van der Waals surface area contributed by atoms with Crippen LogP contribution in [0.4, 0.5) is 5.69 Å². The number of carbonyl (C=O) groups is 1. The highest BCUT2D eigenvalue weighted by atomic mass is 16.6. The molecular weight excluding hydrogens is 260 g/mol. The summed E-state index contributed by atoms with van der Waals surface area (Å²) in [5.74, 6) is -0.274. The molecule has 0 spiro atoms. The first kappa shape index (κ1) is 13.7. The Bertz CT molecular complexity index is 663. The molecule has 1 N–H and O–H groups in total. The Hall–Kier alpha value is -2.70. The van der Waals surface area contributed by atoms with E-state index >= 15 is 0 Å². The largest absolute Gasteiger partial charge is 0.346 e. The molecule has 0 bridgehead atoms. The maximum atomic E-state index is 12.0. The zero-order valence-corrected chi connectivity index (χ0v) is 11.2. The van der Waals surface area contributed by atoms with Crippen molar-refractivity contribution in [3.8, 4) is 0 Å². The molecule has 0 saturated heterocycles.